The van der Waals surface area contributed by atoms with Crippen molar-refractivity contribution in [2.75, 3.05) is 20.3 Å². The van der Waals surface area contributed by atoms with Gasteiger partial charge in [-0.15, -0.1) is 0 Å². The Hall–Kier alpha value is -1.90. The molecule has 0 spiro atoms. The molecular formula is C14H16FNO3. The van der Waals surface area contributed by atoms with Crippen molar-refractivity contribution >= 4 is 5.91 Å². The number of hydrogen-bond acceptors (Lipinski definition) is 3. The van der Waals surface area contributed by atoms with Gasteiger partial charge in [-0.05, 0) is 25.1 Å². The molecule has 0 saturated heterocycles. The molecule has 19 heavy (non-hydrogen) atoms. The van der Waals surface area contributed by atoms with Crippen LogP contribution in [0.1, 0.15) is 22.8 Å². The number of benzene rings is 1. The van der Waals surface area contributed by atoms with E-state index in [-0.39, 0.29) is 36.3 Å². The third kappa shape index (κ3) is 3.78. The summed E-state index contributed by atoms with van der Waals surface area (Å²) in [7, 11) is 1.55. The lowest BCUT2D eigenvalue weighted by atomic mass is 10.1. The van der Waals surface area contributed by atoms with E-state index in [1.165, 1.54) is 17.0 Å². The molecule has 0 saturated carbocycles. The van der Waals surface area contributed by atoms with Crippen molar-refractivity contribution in [3.05, 3.63) is 35.1 Å². The summed E-state index contributed by atoms with van der Waals surface area (Å²) < 4.78 is 13.2. The summed E-state index contributed by atoms with van der Waals surface area (Å²) in [5.41, 5.74) is 0.459. The van der Waals surface area contributed by atoms with Gasteiger partial charge in [-0.1, -0.05) is 11.8 Å². The third-order valence-corrected chi connectivity index (χ3v) is 2.76. The summed E-state index contributed by atoms with van der Waals surface area (Å²) in [5, 5.41) is 17.7. The zero-order chi connectivity index (χ0) is 14.4. The first-order valence-electron chi connectivity index (χ1n) is 5.78. The molecule has 1 aromatic carbocycles. The Morgan fingerprint density at radius 3 is 2.74 bits per heavy atom. The van der Waals surface area contributed by atoms with Crippen LogP contribution in [0.2, 0.25) is 0 Å². The van der Waals surface area contributed by atoms with E-state index in [4.69, 9.17) is 10.2 Å². The second-order valence-corrected chi connectivity index (χ2v) is 4.10. The zero-order valence-corrected chi connectivity index (χ0v) is 10.9. The second-order valence-electron chi connectivity index (χ2n) is 4.10. The van der Waals surface area contributed by atoms with Gasteiger partial charge in [-0.3, -0.25) is 4.79 Å². The van der Waals surface area contributed by atoms with Gasteiger partial charge in [0.15, 0.2) is 0 Å². The standard InChI is InChI=1S/C14H16FNO3/c1-10(9-18)16(2)14(19)13-6-5-12(15)8-11(13)4-3-7-17/h5-6,8,10,17-18H,7,9H2,1-2H3. The summed E-state index contributed by atoms with van der Waals surface area (Å²) in [6.45, 7) is 1.16. The number of amides is 1. The number of aliphatic hydroxyl groups is 2. The fourth-order valence-corrected chi connectivity index (χ4v) is 1.45. The molecule has 0 radical (unpaired) electrons. The Labute approximate surface area is 111 Å². The number of rotatable bonds is 3. The Kier molecular flexibility index (Phi) is 5.49. The van der Waals surface area contributed by atoms with Crippen LogP contribution in [0.25, 0.3) is 0 Å². The van der Waals surface area contributed by atoms with Gasteiger partial charge in [0.1, 0.15) is 12.4 Å². The van der Waals surface area contributed by atoms with Gasteiger partial charge in [-0.25, -0.2) is 4.39 Å². The van der Waals surface area contributed by atoms with E-state index in [0.29, 0.717) is 0 Å². The predicted molar refractivity (Wildman–Crippen MR) is 69.0 cm³/mol. The molecule has 1 atom stereocenters. The highest BCUT2D eigenvalue weighted by atomic mass is 19.1. The Balaban J connectivity index is 3.15. The number of likely N-dealkylation sites (N-methyl/N-ethyl adjacent to an activating group) is 1. The lowest BCUT2D eigenvalue weighted by Gasteiger charge is -2.23. The molecule has 1 aromatic rings. The Morgan fingerprint density at radius 1 is 1.47 bits per heavy atom. The van der Waals surface area contributed by atoms with Crippen LogP contribution in [-0.4, -0.2) is 47.3 Å². The zero-order valence-electron chi connectivity index (χ0n) is 10.9. The van der Waals surface area contributed by atoms with Crippen LogP contribution in [0, 0.1) is 17.7 Å². The van der Waals surface area contributed by atoms with Gasteiger partial charge in [-0.2, -0.15) is 0 Å². The molecule has 0 aliphatic heterocycles. The number of halogens is 1. The van der Waals surface area contributed by atoms with E-state index >= 15 is 0 Å². The van der Waals surface area contributed by atoms with Gasteiger partial charge in [0.2, 0.25) is 0 Å². The number of carbonyl (C=O) groups is 1. The maximum absolute atomic E-state index is 13.2. The quantitative estimate of drug-likeness (QED) is 0.788. The SMILES string of the molecule is CC(CO)N(C)C(=O)c1ccc(F)cc1C#CCO. The maximum Gasteiger partial charge on any atom is 0.255 e. The van der Waals surface area contributed by atoms with Crippen LogP contribution in [0.4, 0.5) is 4.39 Å². The number of hydrogen-bond donors (Lipinski definition) is 2. The maximum atomic E-state index is 13.2. The van der Waals surface area contributed by atoms with Crippen molar-refractivity contribution in [1.82, 2.24) is 4.90 Å². The molecular weight excluding hydrogens is 249 g/mol. The van der Waals surface area contributed by atoms with Gasteiger partial charge in [0, 0.05) is 12.6 Å². The lowest BCUT2D eigenvalue weighted by molar-refractivity contribution is 0.0682. The molecule has 0 aliphatic rings. The average molecular weight is 265 g/mol. The monoisotopic (exact) mass is 265 g/mol. The minimum absolute atomic E-state index is 0.166. The largest absolute Gasteiger partial charge is 0.394 e. The summed E-state index contributed by atoms with van der Waals surface area (Å²) in [4.78, 5) is 13.6. The van der Waals surface area contributed by atoms with Crippen molar-refractivity contribution in [2.24, 2.45) is 0 Å². The van der Waals surface area contributed by atoms with Crippen molar-refractivity contribution in [2.45, 2.75) is 13.0 Å². The molecule has 1 amide bonds. The van der Waals surface area contributed by atoms with E-state index in [1.807, 2.05) is 0 Å². The Bertz CT molecular complexity index is 519. The highest BCUT2D eigenvalue weighted by Gasteiger charge is 2.19. The molecule has 5 heteroatoms. The van der Waals surface area contributed by atoms with Gasteiger partial charge < -0.3 is 15.1 Å². The molecule has 0 aliphatic carbocycles. The summed E-state index contributed by atoms with van der Waals surface area (Å²) in [6.07, 6.45) is 0. The van der Waals surface area contributed by atoms with Crippen molar-refractivity contribution in [3.63, 3.8) is 0 Å². The molecule has 0 heterocycles. The van der Waals surface area contributed by atoms with E-state index in [2.05, 4.69) is 11.8 Å². The Morgan fingerprint density at radius 2 is 2.16 bits per heavy atom. The van der Waals surface area contributed by atoms with Crippen LogP contribution >= 0.6 is 0 Å². The second kappa shape index (κ2) is 6.88. The molecule has 1 unspecified atom stereocenters. The number of carbonyl (C=O) groups excluding carboxylic acids is 1. The fourth-order valence-electron chi connectivity index (χ4n) is 1.45. The predicted octanol–water partition coefficient (Wildman–Crippen LogP) is 0.622. The van der Waals surface area contributed by atoms with Crippen LogP contribution in [0.5, 0.6) is 0 Å². The van der Waals surface area contributed by atoms with Crippen molar-refractivity contribution < 1.29 is 19.4 Å². The third-order valence-electron chi connectivity index (χ3n) is 2.76. The summed E-state index contributed by atoms with van der Waals surface area (Å²) >= 11 is 0. The van der Waals surface area contributed by atoms with Gasteiger partial charge in [0.25, 0.3) is 5.91 Å². The van der Waals surface area contributed by atoms with E-state index in [0.717, 1.165) is 6.07 Å². The first-order valence-corrected chi connectivity index (χ1v) is 5.78. The smallest absolute Gasteiger partial charge is 0.255 e. The van der Waals surface area contributed by atoms with Crippen LogP contribution in [0.15, 0.2) is 18.2 Å². The first-order chi connectivity index (χ1) is 9.01. The molecule has 2 N–H and O–H groups in total. The average Bonchev–Trinajstić information content (AvgIpc) is 2.42. The number of nitrogens with zero attached hydrogens (tertiary/aromatic N) is 1. The lowest BCUT2D eigenvalue weighted by Crippen LogP contribution is -2.37. The molecule has 0 bridgehead atoms. The number of aliphatic hydroxyl groups excluding tert-OH is 2. The molecule has 4 nitrogen and oxygen atoms in total. The molecule has 0 fully saturated rings. The van der Waals surface area contributed by atoms with Crippen LogP contribution < -0.4 is 0 Å². The van der Waals surface area contributed by atoms with Gasteiger partial charge in [0.05, 0.1) is 18.2 Å². The van der Waals surface area contributed by atoms with Gasteiger partial charge >= 0.3 is 0 Å². The van der Waals surface area contributed by atoms with Crippen LogP contribution in [-0.2, 0) is 0 Å². The summed E-state index contributed by atoms with van der Waals surface area (Å²) in [5.74, 6) is 4.07. The normalized spacial score (nSPS) is 11.4. The van der Waals surface area contributed by atoms with E-state index < -0.39 is 5.82 Å². The first kappa shape index (κ1) is 15.2. The van der Waals surface area contributed by atoms with Crippen molar-refractivity contribution in [3.8, 4) is 11.8 Å². The molecule has 1 rings (SSSR count). The minimum atomic E-state index is -0.503. The summed E-state index contributed by atoms with van der Waals surface area (Å²) in [6, 6.07) is 3.32. The van der Waals surface area contributed by atoms with Crippen LogP contribution in [0.3, 0.4) is 0 Å². The highest BCUT2D eigenvalue weighted by molar-refractivity contribution is 5.96. The molecule has 0 aromatic heterocycles. The fraction of sp³-hybridized carbons (Fsp3) is 0.357. The molecule has 102 valence electrons. The van der Waals surface area contributed by atoms with E-state index in [1.54, 1.807) is 14.0 Å². The van der Waals surface area contributed by atoms with Crippen molar-refractivity contribution in [1.29, 1.82) is 0 Å². The topological polar surface area (TPSA) is 60.8 Å². The highest BCUT2D eigenvalue weighted by Crippen LogP contribution is 2.14. The van der Waals surface area contributed by atoms with E-state index in [9.17, 15) is 9.18 Å². The minimum Gasteiger partial charge on any atom is -0.394 e.